The van der Waals surface area contributed by atoms with Crippen LogP contribution >= 0.6 is 0 Å². The Morgan fingerprint density at radius 1 is 1.24 bits per heavy atom. The van der Waals surface area contributed by atoms with Crippen LogP contribution in [0.2, 0.25) is 0 Å². The fraction of sp³-hybridized carbons (Fsp3) is 0.333. The second-order valence-electron chi connectivity index (χ2n) is 4.74. The van der Waals surface area contributed by atoms with E-state index < -0.39 is 11.4 Å². The first-order valence-electron chi connectivity index (χ1n) is 5.09. The zero-order chi connectivity index (χ0) is 13.2. The van der Waals surface area contributed by atoms with Gasteiger partial charge in [0.2, 0.25) is 5.91 Å². The third kappa shape index (κ3) is 3.21. The fourth-order valence-corrected chi connectivity index (χ4v) is 1.08. The molecule has 0 spiro atoms. The highest BCUT2D eigenvalue weighted by Crippen LogP contribution is 2.26. The summed E-state index contributed by atoms with van der Waals surface area (Å²) in [5.74, 6) is -1.65. The van der Waals surface area contributed by atoms with E-state index in [0.29, 0.717) is 0 Å². The molecule has 3 N–H and O–H groups in total. The fourth-order valence-electron chi connectivity index (χ4n) is 1.08. The monoisotopic (exact) mass is 237 g/mol. The first-order chi connectivity index (χ1) is 7.71. The number of benzene rings is 1. The van der Waals surface area contributed by atoms with Crippen LogP contribution in [0.15, 0.2) is 18.2 Å². The van der Waals surface area contributed by atoms with Crippen molar-refractivity contribution in [1.29, 1.82) is 0 Å². The van der Waals surface area contributed by atoms with E-state index in [9.17, 15) is 14.7 Å². The van der Waals surface area contributed by atoms with Crippen molar-refractivity contribution in [2.45, 2.75) is 20.8 Å². The standard InChI is InChI=1S/C12H15NO4/c1-12(2,3)11(17)13-8-5-4-7(10(15)16)6-9(8)14/h4-6,14H,1-3H3,(H,13,17)(H,15,16). The Hall–Kier alpha value is -2.04. The van der Waals surface area contributed by atoms with Crippen LogP contribution in [0.3, 0.4) is 0 Å². The number of carbonyl (C=O) groups excluding carboxylic acids is 1. The number of hydrogen-bond acceptors (Lipinski definition) is 3. The van der Waals surface area contributed by atoms with Gasteiger partial charge in [0, 0.05) is 5.41 Å². The van der Waals surface area contributed by atoms with Gasteiger partial charge < -0.3 is 15.5 Å². The van der Waals surface area contributed by atoms with Crippen LogP contribution in [0.5, 0.6) is 5.75 Å². The SMILES string of the molecule is CC(C)(C)C(=O)Nc1ccc(C(=O)O)cc1O. The Bertz CT molecular complexity index is 460. The number of hydrogen-bond donors (Lipinski definition) is 3. The molecule has 0 radical (unpaired) electrons. The number of amides is 1. The summed E-state index contributed by atoms with van der Waals surface area (Å²) in [6, 6.07) is 3.78. The molecule has 0 aliphatic rings. The third-order valence-electron chi connectivity index (χ3n) is 2.17. The zero-order valence-electron chi connectivity index (χ0n) is 9.94. The van der Waals surface area contributed by atoms with Crippen LogP contribution in [-0.2, 0) is 4.79 Å². The minimum atomic E-state index is -1.13. The van der Waals surface area contributed by atoms with Crippen molar-refractivity contribution in [3.8, 4) is 5.75 Å². The average molecular weight is 237 g/mol. The van der Waals surface area contributed by atoms with E-state index in [1.807, 2.05) is 0 Å². The van der Waals surface area contributed by atoms with Crippen LogP contribution in [0.4, 0.5) is 5.69 Å². The van der Waals surface area contributed by atoms with Crippen molar-refractivity contribution in [3.63, 3.8) is 0 Å². The Labute approximate surface area is 99.1 Å². The van der Waals surface area contributed by atoms with E-state index in [2.05, 4.69) is 5.32 Å². The molecule has 0 aromatic heterocycles. The average Bonchev–Trinajstić information content (AvgIpc) is 2.19. The molecule has 0 atom stereocenters. The van der Waals surface area contributed by atoms with Gasteiger partial charge in [-0.25, -0.2) is 4.79 Å². The van der Waals surface area contributed by atoms with Gasteiger partial charge in [-0.15, -0.1) is 0 Å². The lowest BCUT2D eigenvalue weighted by Crippen LogP contribution is -2.27. The highest BCUT2D eigenvalue weighted by atomic mass is 16.4. The van der Waals surface area contributed by atoms with Crippen LogP contribution in [0.1, 0.15) is 31.1 Å². The second kappa shape index (κ2) is 4.45. The Balaban J connectivity index is 2.95. The molecular formula is C12H15NO4. The second-order valence-corrected chi connectivity index (χ2v) is 4.74. The molecule has 17 heavy (non-hydrogen) atoms. The summed E-state index contributed by atoms with van der Waals surface area (Å²) < 4.78 is 0. The molecule has 1 rings (SSSR count). The number of anilines is 1. The van der Waals surface area contributed by atoms with Gasteiger partial charge in [0.05, 0.1) is 11.3 Å². The summed E-state index contributed by atoms with van der Waals surface area (Å²) >= 11 is 0. The number of carbonyl (C=O) groups is 2. The smallest absolute Gasteiger partial charge is 0.335 e. The minimum absolute atomic E-state index is 0.0312. The first kappa shape index (κ1) is 13.0. The van der Waals surface area contributed by atoms with Crippen molar-refractivity contribution in [1.82, 2.24) is 0 Å². The maximum atomic E-state index is 11.7. The molecule has 0 heterocycles. The van der Waals surface area contributed by atoms with Crippen LogP contribution < -0.4 is 5.32 Å². The molecule has 0 saturated carbocycles. The molecule has 0 unspecified atom stereocenters. The van der Waals surface area contributed by atoms with E-state index in [-0.39, 0.29) is 22.9 Å². The maximum Gasteiger partial charge on any atom is 0.335 e. The van der Waals surface area contributed by atoms with E-state index in [1.54, 1.807) is 20.8 Å². The molecule has 0 bridgehead atoms. The lowest BCUT2D eigenvalue weighted by atomic mass is 9.95. The Morgan fingerprint density at radius 2 is 1.82 bits per heavy atom. The molecule has 0 saturated heterocycles. The van der Waals surface area contributed by atoms with Gasteiger partial charge >= 0.3 is 5.97 Å². The third-order valence-corrected chi connectivity index (χ3v) is 2.17. The van der Waals surface area contributed by atoms with Gasteiger partial charge in [0.15, 0.2) is 0 Å². The summed E-state index contributed by atoms with van der Waals surface area (Å²) in [7, 11) is 0. The van der Waals surface area contributed by atoms with E-state index in [4.69, 9.17) is 5.11 Å². The molecular weight excluding hydrogens is 222 g/mol. The first-order valence-corrected chi connectivity index (χ1v) is 5.09. The predicted octanol–water partition coefficient (Wildman–Crippen LogP) is 2.07. The number of nitrogens with one attached hydrogen (secondary N) is 1. The lowest BCUT2D eigenvalue weighted by Gasteiger charge is -2.18. The van der Waals surface area contributed by atoms with Crippen LogP contribution in [-0.4, -0.2) is 22.1 Å². The quantitative estimate of drug-likeness (QED) is 0.687. The highest BCUT2D eigenvalue weighted by molar-refractivity contribution is 5.97. The number of aromatic hydroxyl groups is 1. The van der Waals surface area contributed by atoms with Crippen LogP contribution in [0.25, 0.3) is 0 Å². The topological polar surface area (TPSA) is 86.6 Å². The molecule has 1 aromatic rings. The van der Waals surface area contributed by atoms with Gasteiger partial charge in [-0.05, 0) is 18.2 Å². The number of carboxylic acid groups (broad SMARTS) is 1. The van der Waals surface area contributed by atoms with Gasteiger partial charge in [0.1, 0.15) is 5.75 Å². The van der Waals surface area contributed by atoms with Gasteiger partial charge in [0.25, 0.3) is 0 Å². The summed E-state index contributed by atoms with van der Waals surface area (Å²) in [6.45, 7) is 5.22. The number of phenols is 1. The molecule has 0 aliphatic carbocycles. The number of rotatable bonds is 2. The molecule has 5 heteroatoms. The lowest BCUT2D eigenvalue weighted by molar-refractivity contribution is -0.123. The van der Waals surface area contributed by atoms with Crippen molar-refractivity contribution < 1.29 is 19.8 Å². The molecule has 92 valence electrons. The van der Waals surface area contributed by atoms with Crippen molar-refractivity contribution in [2.75, 3.05) is 5.32 Å². The van der Waals surface area contributed by atoms with Crippen molar-refractivity contribution >= 4 is 17.6 Å². The largest absolute Gasteiger partial charge is 0.506 e. The number of aromatic carboxylic acids is 1. The van der Waals surface area contributed by atoms with Gasteiger partial charge in [-0.2, -0.15) is 0 Å². The summed E-state index contributed by atoms with van der Waals surface area (Å²) in [6.07, 6.45) is 0. The number of carboxylic acids is 1. The maximum absolute atomic E-state index is 11.7. The Morgan fingerprint density at radius 3 is 2.24 bits per heavy atom. The van der Waals surface area contributed by atoms with E-state index in [1.165, 1.54) is 12.1 Å². The summed E-state index contributed by atoms with van der Waals surface area (Å²) in [5.41, 5.74) is -0.413. The van der Waals surface area contributed by atoms with Crippen LogP contribution in [0, 0.1) is 5.41 Å². The number of phenolic OH excluding ortho intramolecular Hbond substituents is 1. The van der Waals surface area contributed by atoms with Gasteiger partial charge in [-0.3, -0.25) is 4.79 Å². The molecule has 0 fully saturated rings. The van der Waals surface area contributed by atoms with Crippen molar-refractivity contribution in [2.24, 2.45) is 5.41 Å². The molecule has 1 amide bonds. The zero-order valence-corrected chi connectivity index (χ0v) is 9.94. The summed E-state index contributed by atoms with van der Waals surface area (Å²) in [5, 5.41) is 20.8. The minimum Gasteiger partial charge on any atom is -0.506 e. The summed E-state index contributed by atoms with van der Waals surface area (Å²) in [4.78, 5) is 22.3. The van der Waals surface area contributed by atoms with Crippen molar-refractivity contribution in [3.05, 3.63) is 23.8 Å². The van der Waals surface area contributed by atoms with E-state index in [0.717, 1.165) is 6.07 Å². The molecule has 1 aromatic carbocycles. The van der Waals surface area contributed by atoms with E-state index >= 15 is 0 Å². The highest BCUT2D eigenvalue weighted by Gasteiger charge is 2.22. The molecule has 0 aliphatic heterocycles. The Kier molecular flexibility index (Phi) is 3.41. The molecule has 5 nitrogen and oxygen atoms in total. The van der Waals surface area contributed by atoms with Gasteiger partial charge in [-0.1, -0.05) is 20.8 Å². The normalized spacial score (nSPS) is 11.0. The predicted molar refractivity (Wildman–Crippen MR) is 63.2 cm³/mol.